The molecule has 0 heterocycles. The Morgan fingerprint density at radius 1 is 0.793 bits per heavy atom. The van der Waals surface area contributed by atoms with Gasteiger partial charge in [-0.05, 0) is 0 Å². The van der Waals surface area contributed by atoms with Crippen LogP contribution in [0.25, 0.3) is 0 Å². The van der Waals surface area contributed by atoms with Gasteiger partial charge >= 0.3 is 191 Å². The number of hydrogen-bond donors (Lipinski definition) is 0. The van der Waals surface area contributed by atoms with Gasteiger partial charge in [-0.3, -0.25) is 0 Å². The summed E-state index contributed by atoms with van der Waals surface area (Å²) in [6, 6.07) is 0. The molecular formula is C26H56OSiSn. The normalized spacial score (nSPS) is 23.4. The van der Waals surface area contributed by atoms with E-state index in [1.807, 2.05) is 7.11 Å². The molecule has 1 saturated carbocycles. The predicted octanol–water partition coefficient (Wildman–Crippen LogP) is 9.46. The summed E-state index contributed by atoms with van der Waals surface area (Å²) >= 11 is -2.30. The van der Waals surface area contributed by atoms with Crippen LogP contribution in [-0.2, 0) is 4.74 Å². The molecule has 0 spiro atoms. The van der Waals surface area contributed by atoms with Crippen LogP contribution in [0.1, 0.15) is 105 Å². The maximum atomic E-state index is 6.27. The predicted molar refractivity (Wildman–Crippen MR) is 139 cm³/mol. The monoisotopic (exact) mass is 532 g/mol. The average molecular weight is 532 g/mol. The summed E-state index contributed by atoms with van der Waals surface area (Å²) in [5.74, 6) is 0.919. The molecule has 1 aliphatic carbocycles. The van der Waals surface area contributed by atoms with Gasteiger partial charge in [0.05, 0.1) is 0 Å². The molecule has 3 heteroatoms. The molecule has 0 N–H and O–H groups in total. The second-order valence-corrected chi connectivity index (χ2v) is 32.2. The third-order valence-corrected chi connectivity index (χ3v) is 39.9. The van der Waals surface area contributed by atoms with E-state index < -0.39 is 26.5 Å². The van der Waals surface area contributed by atoms with Crippen LogP contribution >= 0.6 is 0 Å². The van der Waals surface area contributed by atoms with Crippen LogP contribution < -0.4 is 0 Å². The van der Waals surface area contributed by atoms with Crippen LogP contribution in [0, 0.1) is 5.92 Å². The molecule has 0 unspecified atom stereocenters. The van der Waals surface area contributed by atoms with E-state index in [0.29, 0.717) is 6.10 Å². The summed E-state index contributed by atoms with van der Waals surface area (Å²) < 4.78 is 12.1. The molecule has 0 aliphatic heterocycles. The quantitative estimate of drug-likeness (QED) is 0.126. The Bertz CT molecular complexity index is 411. The van der Waals surface area contributed by atoms with Gasteiger partial charge in [-0.2, -0.15) is 0 Å². The topological polar surface area (TPSA) is 9.23 Å². The third-order valence-electron chi connectivity index (χ3n) is 8.42. The molecule has 1 rings (SSSR count). The van der Waals surface area contributed by atoms with Crippen molar-refractivity contribution in [2.24, 2.45) is 5.92 Å². The molecule has 0 aromatic rings. The Labute approximate surface area is 190 Å². The van der Waals surface area contributed by atoms with E-state index in [1.165, 1.54) is 70.6 Å². The molecule has 0 amide bonds. The summed E-state index contributed by atoms with van der Waals surface area (Å²) in [7, 11) is 0.785. The third kappa shape index (κ3) is 6.98. The molecule has 1 nitrogen and oxygen atoms in total. The van der Waals surface area contributed by atoms with Crippen LogP contribution in [0.15, 0.2) is 0 Å². The first-order valence-corrected chi connectivity index (χ1v) is 24.3. The molecular weight excluding hydrogens is 475 g/mol. The van der Waals surface area contributed by atoms with E-state index in [1.54, 1.807) is 19.7 Å². The van der Waals surface area contributed by atoms with Gasteiger partial charge in [0.1, 0.15) is 0 Å². The van der Waals surface area contributed by atoms with Gasteiger partial charge < -0.3 is 0 Å². The van der Waals surface area contributed by atoms with Crippen molar-refractivity contribution in [3.8, 4) is 0 Å². The van der Waals surface area contributed by atoms with Gasteiger partial charge in [-0.25, -0.2) is 0 Å². The van der Waals surface area contributed by atoms with Crippen LogP contribution in [0.3, 0.4) is 0 Å². The second-order valence-electron chi connectivity index (χ2n) is 11.2. The number of hydrogen-bond acceptors (Lipinski definition) is 1. The second kappa shape index (κ2) is 13.5. The molecule has 3 atom stereocenters. The van der Waals surface area contributed by atoms with Crippen molar-refractivity contribution in [2.45, 2.75) is 147 Å². The van der Waals surface area contributed by atoms with Crippen molar-refractivity contribution in [1.82, 2.24) is 0 Å². The molecule has 0 aromatic heterocycles. The number of methoxy groups -OCH3 is 1. The van der Waals surface area contributed by atoms with Crippen molar-refractivity contribution >= 4 is 26.5 Å². The summed E-state index contributed by atoms with van der Waals surface area (Å²) in [6.45, 7) is 17.8. The van der Waals surface area contributed by atoms with Gasteiger partial charge in [0, 0.05) is 0 Å². The number of unbranched alkanes of at least 4 members (excludes halogenated alkanes) is 6. The fraction of sp³-hybridized carbons (Fsp3) is 1.00. The first-order chi connectivity index (χ1) is 13.8. The average Bonchev–Trinajstić information content (AvgIpc) is 3.45. The molecule has 174 valence electrons. The number of rotatable bonds is 18. The van der Waals surface area contributed by atoms with Crippen molar-refractivity contribution in [3.63, 3.8) is 0 Å². The van der Waals surface area contributed by atoms with E-state index in [-0.39, 0.29) is 0 Å². The van der Waals surface area contributed by atoms with Crippen molar-refractivity contribution in [3.05, 3.63) is 0 Å². The first-order valence-electron chi connectivity index (χ1n) is 13.3. The van der Waals surface area contributed by atoms with Gasteiger partial charge in [-0.15, -0.1) is 0 Å². The van der Waals surface area contributed by atoms with E-state index >= 15 is 0 Å². The van der Waals surface area contributed by atoms with Crippen molar-refractivity contribution < 1.29 is 4.74 Å². The molecule has 0 saturated heterocycles. The Morgan fingerprint density at radius 3 is 1.66 bits per heavy atom. The Balaban J connectivity index is 3.20. The zero-order valence-electron chi connectivity index (χ0n) is 21.7. The van der Waals surface area contributed by atoms with Crippen molar-refractivity contribution in [1.29, 1.82) is 0 Å². The van der Waals surface area contributed by atoms with Crippen molar-refractivity contribution in [2.75, 3.05) is 7.11 Å². The molecule has 0 aromatic carbocycles. The minimum atomic E-state index is -2.30. The van der Waals surface area contributed by atoms with E-state index in [2.05, 4.69) is 47.3 Å². The Morgan fingerprint density at radius 2 is 1.28 bits per heavy atom. The Kier molecular flexibility index (Phi) is 13.0. The van der Waals surface area contributed by atoms with Crippen LogP contribution in [0.4, 0.5) is 0 Å². The van der Waals surface area contributed by atoms with E-state index in [9.17, 15) is 0 Å². The van der Waals surface area contributed by atoms with Gasteiger partial charge in [0.15, 0.2) is 0 Å². The summed E-state index contributed by atoms with van der Waals surface area (Å²) in [5, 5.41) is 0. The molecule has 0 radical (unpaired) electrons. The van der Waals surface area contributed by atoms with Crippen LogP contribution in [0.5, 0.6) is 0 Å². The first kappa shape index (κ1) is 28.0. The molecule has 29 heavy (non-hydrogen) atoms. The van der Waals surface area contributed by atoms with E-state index in [0.717, 1.165) is 8.97 Å². The number of ether oxygens (including phenoxy) is 1. The fourth-order valence-electron chi connectivity index (χ4n) is 6.85. The van der Waals surface area contributed by atoms with Crippen LogP contribution in [0.2, 0.25) is 36.0 Å². The summed E-state index contributed by atoms with van der Waals surface area (Å²) in [6.07, 6.45) is 17.7. The van der Waals surface area contributed by atoms with Crippen LogP contribution in [-0.4, -0.2) is 39.7 Å². The van der Waals surface area contributed by atoms with Gasteiger partial charge in [0.25, 0.3) is 0 Å². The Hall–Kier alpha value is 0.976. The van der Waals surface area contributed by atoms with Gasteiger partial charge in [0.2, 0.25) is 0 Å². The van der Waals surface area contributed by atoms with Gasteiger partial charge in [-0.1, -0.05) is 0 Å². The zero-order chi connectivity index (χ0) is 22.0. The summed E-state index contributed by atoms with van der Waals surface area (Å²) in [5.41, 5.74) is 0. The summed E-state index contributed by atoms with van der Waals surface area (Å²) in [4.78, 5) is 0. The fourth-order valence-corrected chi connectivity index (χ4v) is 46.1. The van der Waals surface area contributed by atoms with E-state index in [4.69, 9.17) is 4.74 Å². The molecule has 1 fully saturated rings. The zero-order valence-corrected chi connectivity index (χ0v) is 25.5. The minimum absolute atomic E-state index is 0.555. The molecule has 1 aliphatic rings. The standard InChI is InChI=1S/C14H29OSi.3C4H9.Sn/c1-6-7-8-9-10-13(15-2)12-11-14(12)16(3,4)5;3*1-3-4-2;/h12-13H,6-11H2,1-5H3;3*1,3-4H2,2H3;/t12-,13+;;;;/m0..../s1. The molecule has 0 bridgehead atoms. The maximum absolute atomic E-state index is 6.27. The SMILES string of the molecule is CCCCCC[C@@H](OC)[C@@H]1C[C@]1([Si](C)(C)C)[Sn]([CH2]CCC)([CH2]CCC)[CH2]CCC.